The van der Waals surface area contributed by atoms with E-state index in [4.69, 9.17) is 0 Å². The van der Waals surface area contributed by atoms with E-state index in [-0.39, 0.29) is 0 Å². The van der Waals surface area contributed by atoms with Crippen molar-refractivity contribution in [2.45, 2.75) is 0 Å². The number of thiophene rings is 1. The van der Waals surface area contributed by atoms with Crippen LogP contribution in [0.15, 0.2) is 231 Å². The molecular formula is C56H38N2S. The van der Waals surface area contributed by atoms with Crippen molar-refractivity contribution in [3.63, 3.8) is 0 Å². The monoisotopic (exact) mass is 770 g/mol. The lowest BCUT2D eigenvalue weighted by molar-refractivity contribution is 1.19. The number of aromatic nitrogens is 1. The van der Waals surface area contributed by atoms with E-state index in [0.29, 0.717) is 0 Å². The summed E-state index contributed by atoms with van der Waals surface area (Å²) in [5.41, 5.74) is 16.6. The molecule has 0 saturated heterocycles. The molecular weight excluding hydrogens is 733 g/mol. The molecule has 0 saturated carbocycles. The van der Waals surface area contributed by atoms with Crippen molar-refractivity contribution in [1.82, 2.24) is 4.57 Å². The summed E-state index contributed by atoms with van der Waals surface area (Å²) in [6.07, 6.45) is 0. The zero-order valence-electron chi connectivity index (χ0n) is 32.2. The molecule has 11 rings (SSSR count). The highest BCUT2D eigenvalue weighted by Crippen LogP contribution is 2.44. The molecule has 0 radical (unpaired) electrons. The Bertz CT molecular complexity index is 3140. The van der Waals surface area contributed by atoms with Gasteiger partial charge >= 0.3 is 0 Å². The normalized spacial score (nSPS) is 11.4. The third-order valence-electron chi connectivity index (χ3n) is 11.4. The van der Waals surface area contributed by atoms with Gasteiger partial charge in [0.2, 0.25) is 0 Å². The minimum Gasteiger partial charge on any atom is -0.310 e. The molecule has 2 aromatic heterocycles. The van der Waals surface area contributed by atoms with Crippen LogP contribution in [0.1, 0.15) is 0 Å². The van der Waals surface area contributed by atoms with Gasteiger partial charge in [-0.05, 0) is 105 Å². The maximum Gasteiger partial charge on any atom is 0.0727 e. The molecule has 0 atom stereocenters. The second-order valence-corrected chi connectivity index (χ2v) is 16.0. The Hall–Kier alpha value is -7.46. The van der Waals surface area contributed by atoms with E-state index in [1.165, 1.54) is 70.1 Å². The maximum atomic E-state index is 2.45. The molecule has 3 heteroatoms. The SMILES string of the molecule is c1ccc(-c2ccc(N(c3ccc(-c4ccccc4)cc3)c3cccc(-c4ccc(-n5c6ccccc6c6sc7cc(-c8ccccc8)ccc7c65)cc4)c3)cc2)cc1. The second-order valence-electron chi connectivity index (χ2n) is 15.0. The molecule has 0 N–H and O–H groups in total. The minimum atomic E-state index is 1.10. The van der Waals surface area contributed by atoms with Crippen LogP contribution in [0.5, 0.6) is 0 Å². The summed E-state index contributed by atoms with van der Waals surface area (Å²) in [6, 6.07) is 83.3. The van der Waals surface area contributed by atoms with Gasteiger partial charge in [0, 0.05) is 38.2 Å². The highest BCUT2D eigenvalue weighted by molar-refractivity contribution is 7.26. The van der Waals surface area contributed by atoms with Crippen molar-refractivity contribution >= 4 is 59.6 Å². The van der Waals surface area contributed by atoms with E-state index in [0.717, 1.165) is 28.3 Å². The van der Waals surface area contributed by atoms with E-state index >= 15 is 0 Å². The lowest BCUT2D eigenvalue weighted by Crippen LogP contribution is -2.10. The fourth-order valence-electron chi connectivity index (χ4n) is 8.49. The van der Waals surface area contributed by atoms with Gasteiger partial charge in [0.05, 0.1) is 15.7 Å². The van der Waals surface area contributed by atoms with Gasteiger partial charge in [-0.3, -0.25) is 0 Å². The van der Waals surface area contributed by atoms with Gasteiger partial charge in [0.15, 0.2) is 0 Å². The summed E-state index contributed by atoms with van der Waals surface area (Å²) in [5.74, 6) is 0. The second kappa shape index (κ2) is 14.8. The van der Waals surface area contributed by atoms with Crippen LogP contribution in [-0.2, 0) is 0 Å². The molecule has 0 amide bonds. The van der Waals surface area contributed by atoms with Crippen LogP contribution < -0.4 is 4.90 Å². The van der Waals surface area contributed by atoms with Gasteiger partial charge in [-0.25, -0.2) is 0 Å². The van der Waals surface area contributed by atoms with Crippen LogP contribution >= 0.6 is 11.3 Å². The van der Waals surface area contributed by atoms with Crippen molar-refractivity contribution in [3.05, 3.63) is 231 Å². The van der Waals surface area contributed by atoms with Crippen molar-refractivity contribution < 1.29 is 0 Å². The topological polar surface area (TPSA) is 8.17 Å². The number of para-hydroxylation sites is 1. The molecule has 0 aliphatic rings. The van der Waals surface area contributed by atoms with Crippen LogP contribution in [0, 0.1) is 0 Å². The Labute approximate surface area is 348 Å². The molecule has 0 bridgehead atoms. The number of fused-ring (bicyclic) bond motifs is 5. The zero-order valence-corrected chi connectivity index (χ0v) is 33.1. The smallest absolute Gasteiger partial charge is 0.0727 e. The Balaban J connectivity index is 0.973. The van der Waals surface area contributed by atoms with Gasteiger partial charge < -0.3 is 9.47 Å². The molecule has 0 aliphatic heterocycles. The average Bonchev–Trinajstić information content (AvgIpc) is 3.85. The third kappa shape index (κ3) is 6.39. The van der Waals surface area contributed by atoms with Gasteiger partial charge in [-0.15, -0.1) is 11.3 Å². The van der Waals surface area contributed by atoms with Crippen molar-refractivity contribution in [2.75, 3.05) is 4.90 Å². The Morgan fingerprint density at radius 2 is 0.780 bits per heavy atom. The summed E-state index contributed by atoms with van der Waals surface area (Å²) in [4.78, 5) is 2.36. The van der Waals surface area contributed by atoms with Gasteiger partial charge in [-0.1, -0.05) is 170 Å². The molecule has 11 aromatic rings. The number of anilines is 3. The molecule has 0 unspecified atom stereocenters. The Morgan fingerprint density at radius 3 is 1.39 bits per heavy atom. The summed E-state index contributed by atoms with van der Waals surface area (Å²) in [7, 11) is 0. The summed E-state index contributed by atoms with van der Waals surface area (Å²) in [6.45, 7) is 0. The zero-order chi connectivity index (χ0) is 39.1. The van der Waals surface area contributed by atoms with E-state index < -0.39 is 0 Å². The number of rotatable bonds is 8. The summed E-state index contributed by atoms with van der Waals surface area (Å²) >= 11 is 1.89. The lowest BCUT2D eigenvalue weighted by Gasteiger charge is -2.26. The predicted octanol–water partition coefficient (Wildman–Crippen LogP) is 16.1. The highest BCUT2D eigenvalue weighted by Gasteiger charge is 2.19. The van der Waals surface area contributed by atoms with Crippen molar-refractivity contribution in [3.8, 4) is 50.2 Å². The van der Waals surface area contributed by atoms with Crippen LogP contribution in [0.2, 0.25) is 0 Å². The number of hydrogen-bond acceptors (Lipinski definition) is 2. The fourth-order valence-corrected chi connectivity index (χ4v) is 9.75. The first-order valence-electron chi connectivity index (χ1n) is 20.1. The van der Waals surface area contributed by atoms with Crippen molar-refractivity contribution in [2.24, 2.45) is 0 Å². The molecule has 0 spiro atoms. The first kappa shape index (κ1) is 34.8. The van der Waals surface area contributed by atoms with E-state index in [2.05, 4.69) is 240 Å². The first-order chi connectivity index (χ1) is 29.2. The number of benzene rings is 9. The Morgan fingerprint density at radius 1 is 0.322 bits per heavy atom. The predicted molar refractivity (Wildman–Crippen MR) is 253 cm³/mol. The average molecular weight is 771 g/mol. The summed E-state index contributed by atoms with van der Waals surface area (Å²) in [5, 5.41) is 2.57. The van der Waals surface area contributed by atoms with E-state index in [1.54, 1.807) is 0 Å². The van der Waals surface area contributed by atoms with Gasteiger partial charge in [0.25, 0.3) is 0 Å². The van der Waals surface area contributed by atoms with E-state index in [9.17, 15) is 0 Å². The largest absolute Gasteiger partial charge is 0.310 e. The third-order valence-corrected chi connectivity index (χ3v) is 12.6. The highest BCUT2D eigenvalue weighted by atomic mass is 32.1. The van der Waals surface area contributed by atoms with Crippen LogP contribution in [0.3, 0.4) is 0 Å². The van der Waals surface area contributed by atoms with Gasteiger partial charge in [-0.2, -0.15) is 0 Å². The molecule has 59 heavy (non-hydrogen) atoms. The molecule has 278 valence electrons. The van der Waals surface area contributed by atoms with Crippen LogP contribution in [0.4, 0.5) is 17.1 Å². The molecule has 2 heterocycles. The maximum absolute atomic E-state index is 2.45. The van der Waals surface area contributed by atoms with Crippen LogP contribution in [0.25, 0.3) is 81.4 Å². The molecule has 0 fully saturated rings. The first-order valence-corrected chi connectivity index (χ1v) is 20.9. The number of hydrogen-bond donors (Lipinski definition) is 0. The van der Waals surface area contributed by atoms with Crippen molar-refractivity contribution in [1.29, 1.82) is 0 Å². The standard InChI is InChI=1S/C56H38N2S/c1-4-13-39(14-5-1)42-23-30-47(31-24-42)57(48-32-25-43(26-33-48)40-15-6-2-7-16-40)50-20-12-19-45(37-50)44-27-34-49(35-28-44)58-53-22-11-10-21-51(53)56-55(58)52-36-29-46(38-54(52)59-56)41-17-8-3-9-18-41/h1-38H. The van der Waals surface area contributed by atoms with E-state index in [1.807, 2.05) is 11.3 Å². The Kier molecular flexibility index (Phi) is 8.72. The van der Waals surface area contributed by atoms with Crippen LogP contribution in [-0.4, -0.2) is 4.57 Å². The molecule has 0 aliphatic carbocycles. The minimum absolute atomic E-state index is 1.10. The number of nitrogens with zero attached hydrogens (tertiary/aromatic N) is 2. The fraction of sp³-hybridized carbons (Fsp3) is 0. The molecule has 9 aromatic carbocycles. The summed E-state index contributed by atoms with van der Waals surface area (Å²) < 4.78 is 5.08. The quantitative estimate of drug-likeness (QED) is 0.149. The lowest BCUT2D eigenvalue weighted by atomic mass is 10.0. The van der Waals surface area contributed by atoms with Gasteiger partial charge in [0.1, 0.15) is 0 Å². The molecule has 2 nitrogen and oxygen atoms in total.